The SMILES string of the molecule is CN[C@@H](C)C(c1ccccc1)N1CCCC1. The molecule has 2 rings (SSSR count). The molecular weight excluding hydrogens is 196 g/mol. The minimum Gasteiger partial charge on any atom is -0.315 e. The van der Waals surface area contributed by atoms with Gasteiger partial charge in [-0.15, -0.1) is 0 Å². The molecule has 1 saturated heterocycles. The minimum absolute atomic E-state index is 0.500. The maximum atomic E-state index is 3.40. The molecule has 1 unspecified atom stereocenters. The molecule has 0 amide bonds. The summed E-state index contributed by atoms with van der Waals surface area (Å²) in [5, 5.41) is 3.40. The molecule has 0 radical (unpaired) electrons. The van der Waals surface area contributed by atoms with E-state index < -0.39 is 0 Å². The van der Waals surface area contributed by atoms with Crippen molar-refractivity contribution in [2.75, 3.05) is 20.1 Å². The lowest BCUT2D eigenvalue weighted by atomic mass is 9.99. The Labute approximate surface area is 98.7 Å². The van der Waals surface area contributed by atoms with Gasteiger partial charge in [-0.25, -0.2) is 0 Å². The first-order valence-electron chi connectivity index (χ1n) is 6.29. The molecule has 88 valence electrons. The number of likely N-dealkylation sites (N-methyl/N-ethyl adjacent to an activating group) is 1. The van der Waals surface area contributed by atoms with Gasteiger partial charge >= 0.3 is 0 Å². The van der Waals surface area contributed by atoms with Gasteiger partial charge in [0.1, 0.15) is 0 Å². The maximum absolute atomic E-state index is 3.40. The van der Waals surface area contributed by atoms with E-state index in [0.29, 0.717) is 12.1 Å². The van der Waals surface area contributed by atoms with E-state index in [0.717, 1.165) is 0 Å². The molecule has 0 bridgehead atoms. The number of hydrogen-bond donors (Lipinski definition) is 1. The van der Waals surface area contributed by atoms with Gasteiger partial charge in [0.2, 0.25) is 0 Å². The predicted octanol–water partition coefficient (Wildman–Crippen LogP) is 2.43. The average Bonchev–Trinajstić information content (AvgIpc) is 2.84. The third-order valence-corrected chi connectivity index (χ3v) is 3.60. The van der Waals surface area contributed by atoms with Crippen molar-refractivity contribution >= 4 is 0 Å². The van der Waals surface area contributed by atoms with E-state index in [4.69, 9.17) is 0 Å². The molecule has 1 aliphatic rings. The predicted molar refractivity (Wildman–Crippen MR) is 68.5 cm³/mol. The van der Waals surface area contributed by atoms with Gasteiger partial charge in [0.05, 0.1) is 0 Å². The second-order valence-electron chi connectivity index (χ2n) is 4.68. The van der Waals surface area contributed by atoms with Gasteiger partial charge in [0, 0.05) is 12.1 Å². The van der Waals surface area contributed by atoms with Crippen LogP contribution in [-0.2, 0) is 0 Å². The Hall–Kier alpha value is -0.860. The van der Waals surface area contributed by atoms with E-state index in [1.807, 2.05) is 0 Å². The molecule has 1 heterocycles. The second kappa shape index (κ2) is 5.46. The Morgan fingerprint density at radius 2 is 1.75 bits per heavy atom. The van der Waals surface area contributed by atoms with Crippen LogP contribution >= 0.6 is 0 Å². The average molecular weight is 218 g/mol. The summed E-state index contributed by atoms with van der Waals surface area (Å²) in [6.45, 7) is 4.76. The van der Waals surface area contributed by atoms with Gasteiger partial charge in [-0.1, -0.05) is 30.3 Å². The van der Waals surface area contributed by atoms with Crippen molar-refractivity contribution < 1.29 is 0 Å². The van der Waals surface area contributed by atoms with Gasteiger partial charge in [0.25, 0.3) is 0 Å². The number of nitrogens with zero attached hydrogens (tertiary/aromatic N) is 1. The Balaban J connectivity index is 2.20. The Morgan fingerprint density at radius 1 is 1.12 bits per heavy atom. The summed E-state index contributed by atoms with van der Waals surface area (Å²) in [6, 6.07) is 11.9. The first-order valence-corrected chi connectivity index (χ1v) is 6.29. The quantitative estimate of drug-likeness (QED) is 0.835. The van der Waals surface area contributed by atoms with E-state index in [1.54, 1.807) is 0 Å². The Kier molecular flexibility index (Phi) is 3.97. The summed E-state index contributed by atoms with van der Waals surface area (Å²) in [5.74, 6) is 0. The third kappa shape index (κ3) is 2.45. The summed E-state index contributed by atoms with van der Waals surface area (Å²) in [7, 11) is 2.05. The molecular formula is C14H22N2. The molecule has 2 nitrogen and oxygen atoms in total. The highest BCUT2D eigenvalue weighted by molar-refractivity contribution is 5.21. The van der Waals surface area contributed by atoms with Crippen LogP contribution in [0.2, 0.25) is 0 Å². The molecule has 1 fully saturated rings. The highest BCUT2D eigenvalue weighted by atomic mass is 15.2. The lowest BCUT2D eigenvalue weighted by molar-refractivity contribution is 0.205. The van der Waals surface area contributed by atoms with Crippen molar-refractivity contribution in [3.8, 4) is 0 Å². The topological polar surface area (TPSA) is 15.3 Å². The number of nitrogens with one attached hydrogen (secondary N) is 1. The van der Waals surface area contributed by atoms with Crippen molar-refractivity contribution in [3.05, 3.63) is 35.9 Å². The largest absolute Gasteiger partial charge is 0.315 e. The fourth-order valence-electron chi connectivity index (χ4n) is 2.64. The number of rotatable bonds is 4. The Morgan fingerprint density at radius 3 is 2.31 bits per heavy atom. The van der Waals surface area contributed by atoms with Crippen LogP contribution in [0.5, 0.6) is 0 Å². The molecule has 0 aromatic heterocycles. The molecule has 1 aliphatic heterocycles. The smallest absolute Gasteiger partial charge is 0.0498 e. The van der Waals surface area contributed by atoms with Crippen LogP contribution in [0, 0.1) is 0 Å². The zero-order chi connectivity index (χ0) is 11.4. The summed E-state index contributed by atoms with van der Waals surface area (Å²) in [5.41, 5.74) is 1.44. The highest BCUT2D eigenvalue weighted by Gasteiger charge is 2.27. The van der Waals surface area contributed by atoms with Crippen molar-refractivity contribution in [3.63, 3.8) is 0 Å². The molecule has 0 aliphatic carbocycles. The van der Waals surface area contributed by atoms with Crippen LogP contribution in [0.25, 0.3) is 0 Å². The summed E-state index contributed by atoms with van der Waals surface area (Å²) in [4.78, 5) is 2.61. The van der Waals surface area contributed by atoms with E-state index >= 15 is 0 Å². The molecule has 16 heavy (non-hydrogen) atoms. The molecule has 1 aromatic carbocycles. The monoisotopic (exact) mass is 218 g/mol. The highest BCUT2D eigenvalue weighted by Crippen LogP contribution is 2.27. The number of hydrogen-bond acceptors (Lipinski definition) is 2. The molecule has 2 atom stereocenters. The van der Waals surface area contributed by atoms with Gasteiger partial charge in [0.15, 0.2) is 0 Å². The first kappa shape index (κ1) is 11.6. The molecule has 2 heteroatoms. The fourth-order valence-corrected chi connectivity index (χ4v) is 2.64. The number of benzene rings is 1. The van der Waals surface area contributed by atoms with Gasteiger partial charge in [-0.2, -0.15) is 0 Å². The normalized spacial score (nSPS) is 20.9. The van der Waals surface area contributed by atoms with Crippen LogP contribution < -0.4 is 5.32 Å². The lowest BCUT2D eigenvalue weighted by Crippen LogP contribution is -2.39. The van der Waals surface area contributed by atoms with E-state index in [-0.39, 0.29) is 0 Å². The summed E-state index contributed by atoms with van der Waals surface area (Å²) >= 11 is 0. The lowest BCUT2D eigenvalue weighted by Gasteiger charge is -2.32. The zero-order valence-electron chi connectivity index (χ0n) is 10.3. The maximum Gasteiger partial charge on any atom is 0.0498 e. The summed E-state index contributed by atoms with van der Waals surface area (Å²) < 4.78 is 0. The third-order valence-electron chi connectivity index (χ3n) is 3.60. The van der Waals surface area contributed by atoms with Crippen LogP contribution in [-0.4, -0.2) is 31.1 Å². The van der Waals surface area contributed by atoms with E-state index in [2.05, 4.69) is 54.5 Å². The van der Waals surface area contributed by atoms with E-state index in [1.165, 1.54) is 31.5 Å². The van der Waals surface area contributed by atoms with Crippen LogP contribution in [0.4, 0.5) is 0 Å². The van der Waals surface area contributed by atoms with Crippen LogP contribution in [0.1, 0.15) is 31.4 Å². The first-order chi connectivity index (χ1) is 7.83. The Bertz CT molecular complexity index is 304. The van der Waals surface area contributed by atoms with Crippen LogP contribution in [0.15, 0.2) is 30.3 Å². The number of likely N-dealkylation sites (tertiary alicyclic amines) is 1. The molecule has 1 N–H and O–H groups in total. The minimum atomic E-state index is 0.500. The molecule has 1 aromatic rings. The van der Waals surface area contributed by atoms with Gasteiger partial charge in [-0.3, -0.25) is 4.90 Å². The summed E-state index contributed by atoms with van der Waals surface area (Å²) in [6.07, 6.45) is 2.69. The fraction of sp³-hybridized carbons (Fsp3) is 0.571. The molecule has 0 saturated carbocycles. The molecule has 0 spiro atoms. The van der Waals surface area contributed by atoms with Crippen molar-refractivity contribution in [1.82, 2.24) is 10.2 Å². The van der Waals surface area contributed by atoms with Crippen molar-refractivity contribution in [2.45, 2.75) is 31.8 Å². The van der Waals surface area contributed by atoms with Crippen molar-refractivity contribution in [1.29, 1.82) is 0 Å². The second-order valence-corrected chi connectivity index (χ2v) is 4.68. The van der Waals surface area contributed by atoms with E-state index in [9.17, 15) is 0 Å². The van der Waals surface area contributed by atoms with Gasteiger partial charge in [-0.05, 0) is 45.5 Å². The zero-order valence-corrected chi connectivity index (χ0v) is 10.3. The standard InChI is InChI=1S/C14H22N2/c1-12(15-2)14(16-10-6-7-11-16)13-8-4-3-5-9-13/h3-5,8-9,12,14-15H,6-7,10-11H2,1-2H3/t12-,14?/m0/s1. The van der Waals surface area contributed by atoms with Crippen molar-refractivity contribution in [2.24, 2.45) is 0 Å². The van der Waals surface area contributed by atoms with Crippen LogP contribution in [0.3, 0.4) is 0 Å². The van der Waals surface area contributed by atoms with Gasteiger partial charge < -0.3 is 5.32 Å².